The van der Waals surface area contributed by atoms with Crippen LogP contribution in [0.2, 0.25) is 0 Å². The minimum Gasteiger partial charge on any atom is -0.373 e. The molecule has 1 aromatic carbocycles. The molecule has 0 aliphatic carbocycles. The summed E-state index contributed by atoms with van der Waals surface area (Å²) in [5.74, 6) is -0.160. The second-order valence-corrected chi connectivity index (χ2v) is 4.70. The van der Waals surface area contributed by atoms with Gasteiger partial charge < -0.3 is 5.32 Å². The highest BCUT2D eigenvalue weighted by Gasteiger charge is 2.10. The molecule has 0 atom stereocenters. The summed E-state index contributed by atoms with van der Waals surface area (Å²) in [5, 5.41) is 6.82. The monoisotopic (exact) mass is 266 g/mol. The molecule has 0 saturated carbocycles. The lowest BCUT2D eigenvalue weighted by atomic mass is 10.2. The van der Waals surface area contributed by atoms with Crippen molar-refractivity contribution in [2.45, 2.75) is 26.9 Å². The Morgan fingerprint density at radius 3 is 2.58 bits per heavy atom. The van der Waals surface area contributed by atoms with E-state index < -0.39 is 11.6 Å². The third-order valence-electron chi connectivity index (χ3n) is 2.62. The second kappa shape index (κ2) is 5.77. The van der Waals surface area contributed by atoms with Crippen molar-refractivity contribution >= 4 is 5.69 Å². The molecular weight excluding hydrogens is 250 g/mol. The second-order valence-electron chi connectivity index (χ2n) is 4.70. The van der Waals surface area contributed by atoms with Gasteiger partial charge in [-0.3, -0.25) is 0 Å². The van der Waals surface area contributed by atoms with E-state index in [9.17, 15) is 8.78 Å². The van der Waals surface area contributed by atoms with Crippen LogP contribution in [0.25, 0.3) is 0 Å². The van der Waals surface area contributed by atoms with Gasteiger partial charge in [-0.05, 0) is 18.1 Å². The summed E-state index contributed by atoms with van der Waals surface area (Å²) in [6.07, 6.45) is 1.44. The fourth-order valence-corrected chi connectivity index (χ4v) is 1.76. The summed E-state index contributed by atoms with van der Waals surface area (Å²) < 4.78 is 28.6. The van der Waals surface area contributed by atoms with Crippen LogP contribution in [0.15, 0.2) is 24.5 Å². The molecule has 6 heteroatoms. The van der Waals surface area contributed by atoms with E-state index in [-0.39, 0.29) is 12.2 Å². The van der Waals surface area contributed by atoms with Gasteiger partial charge >= 0.3 is 0 Å². The molecule has 0 saturated heterocycles. The lowest BCUT2D eigenvalue weighted by molar-refractivity contribution is 0.468. The van der Waals surface area contributed by atoms with Gasteiger partial charge in [-0.25, -0.2) is 18.4 Å². The van der Waals surface area contributed by atoms with Crippen molar-refractivity contribution in [3.8, 4) is 0 Å². The summed E-state index contributed by atoms with van der Waals surface area (Å²) >= 11 is 0. The largest absolute Gasteiger partial charge is 0.373 e. The van der Waals surface area contributed by atoms with E-state index in [1.165, 1.54) is 24.5 Å². The maximum Gasteiger partial charge on any atom is 0.149 e. The first kappa shape index (κ1) is 13.5. The van der Waals surface area contributed by atoms with E-state index in [2.05, 4.69) is 29.2 Å². The predicted octanol–water partition coefficient (Wildman–Crippen LogP) is 2.82. The van der Waals surface area contributed by atoms with Crippen LogP contribution in [0.4, 0.5) is 14.5 Å². The highest BCUT2D eigenvalue weighted by atomic mass is 19.1. The summed E-state index contributed by atoms with van der Waals surface area (Å²) in [6, 6.07) is 3.76. The maximum absolute atomic E-state index is 13.4. The van der Waals surface area contributed by atoms with E-state index in [1.54, 1.807) is 4.68 Å². The molecule has 0 aliphatic rings. The number of para-hydroxylation sites is 1. The van der Waals surface area contributed by atoms with Crippen molar-refractivity contribution in [1.29, 1.82) is 0 Å². The molecule has 19 heavy (non-hydrogen) atoms. The predicted molar refractivity (Wildman–Crippen MR) is 68.5 cm³/mol. The van der Waals surface area contributed by atoms with E-state index >= 15 is 0 Å². The summed E-state index contributed by atoms with van der Waals surface area (Å²) in [6.45, 7) is 5.08. The molecule has 1 N–H and O–H groups in total. The number of aromatic nitrogens is 3. The van der Waals surface area contributed by atoms with Crippen LogP contribution < -0.4 is 5.32 Å². The fourth-order valence-electron chi connectivity index (χ4n) is 1.76. The number of hydrogen-bond donors (Lipinski definition) is 1. The molecule has 0 unspecified atom stereocenters. The smallest absolute Gasteiger partial charge is 0.149 e. The zero-order chi connectivity index (χ0) is 13.8. The van der Waals surface area contributed by atoms with Crippen LogP contribution in [0, 0.1) is 17.6 Å². The fraction of sp³-hybridized carbons (Fsp3) is 0.385. The van der Waals surface area contributed by atoms with Crippen LogP contribution in [-0.2, 0) is 13.1 Å². The first-order valence-electron chi connectivity index (χ1n) is 6.12. The molecule has 1 aromatic heterocycles. The van der Waals surface area contributed by atoms with E-state index in [0.717, 1.165) is 6.54 Å². The van der Waals surface area contributed by atoms with Gasteiger partial charge in [0.1, 0.15) is 29.5 Å². The quantitative estimate of drug-likeness (QED) is 0.905. The number of anilines is 1. The number of benzene rings is 1. The number of rotatable bonds is 5. The Balaban J connectivity index is 2.09. The Hall–Kier alpha value is -1.98. The summed E-state index contributed by atoms with van der Waals surface area (Å²) in [7, 11) is 0. The van der Waals surface area contributed by atoms with E-state index in [0.29, 0.717) is 11.7 Å². The van der Waals surface area contributed by atoms with Gasteiger partial charge in [-0.2, -0.15) is 5.10 Å². The molecule has 1 heterocycles. The molecule has 2 rings (SSSR count). The highest BCUT2D eigenvalue weighted by Crippen LogP contribution is 2.18. The Morgan fingerprint density at radius 1 is 1.26 bits per heavy atom. The van der Waals surface area contributed by atoms with Crippen molar-refractivity contribution < 1.29 is 8.78 Å². The molecule has 0 radical (unpaired) electrons. The Labute approximate surface area is 110 Å². The third-order valence-corrected chi connectivity index (χ3v) is 2.62. The van der Waals surface area contributed by atoms with Crippen molar-refractivity contribution in [3.05, 3.63) is 42.0 Å². The molecule has 2 aromatic rings. The number of nitrogens with one attached hydrogen (secondary N) is 1. The van der Waals surface area contributed by atoms with Crippen LogP contribution >= 0.6 is 0 Å². The Morgan fingerprint density at radius 2 is 1.95 bits per heavy atom. The normalized spacial score (nSPS) is 11.0. The van der Waals surface area contributed by atoms with Crippen LogP contribution in [-0.4, -0.2) is 14.8 Å². The topological polar surface area (TPSA) is 42.7 Å². The molecule has 0 fully saturated rings. The first-order valence-corrected chi connectivity index (χ1v) is 6.12. The third kappa shape index (κ3) is 3.27. The molecule has 0 bridgehead atoms. The minimum atomic E-state index is -0.616. The van der Waals surface area contributed by atoms with Gasteiger partial charge in [0.05, 0.1) is 6.54 Å². The van der Waals surface area contributed by atoms with Crippen LogP contribution in [0.5, 0.6) is 0 Å². The summed E-state index contributed by atoms with van der Waals surface area (Å²) in [4.78, 5) is 4.09. The van der Waals surface area contributed by atoms with Crippen molar-refractivity contribution in [3.63, 3.8) is 0 Å². The van der Waals surface area contributed by atoms with Gasteiger partial charge in [-0.15, -0.1) is 0 Å². The van der Waals surface area contributed by atoms with Crippen molar-refractivity contribution in [2.75, 3.05) is 5.32 Å². The number of nitrogens with zero attached hydrogens (tertiary/aromatic N) is 3. The molecule has 4 nitrogen and oxygen atoms in total. The lowest BCUT2D eigenvalue weighted by Gasteiger charge is -2.11. The molecular formula is C13H16F2N4. The molecule has 0 amide bonds. The molecule has 0 spiro atoms. The van der Waals surface area contributed by atoms with E-state index in [1.807, 2.05) is 0 Å². The zero-order valence-corrected chi connectivity index (χ0v) is 10.9. The van der Waals surface area contributed by atoms with Crippen LogP contribution in [0.1, 0.15) is 19.7 Å². The maximum atomic E-state index is 13.4. The van der Waals surface area contributed by atoms with Gasteiger partial charge in [0.25, 0.3) is 0 Å². The standard InChI is InChI=1S/C13H16F2N4/c1-9(2)7-19-12(17-8-18-19)6-16-13-10(14)4-3-5-11(13)15/h3-5,8-9,16H,6-7H2,1-2H3. The minimum absolute atomic E-state index is 0.137. The van der Waals surface area contributed by atoms with Crippen molar-refractivity contribution in [2.24, 2.45) is 5.92 Å². The molecule has 102 valence electrons. The van der Waals surface area contributed by atoms with Gasteiger partial charge in [-0.1, -0.05) is 19.9 Å². The average molecular weight is 266 g/mol. The lowest BCUT2D eigenvalue weighted by Crippen LogP contribution is -2.14. The van der Waals surface area contributed by atoms with Crippen LogP contribution in [0.3, 0.4) is 0 Å². The number of hydrogen-bond acceptors (Lipinski definition) is 3. The zero-order valence-electron chi connectivity index (χ0n) is 10.9. The molecule has 0 aliphatic heterocycles. The number of halogens is 2. The highest BCUT2D eigenvalue weighted by molar-refractivity contribution is 5.45. The Bertz CT molecular complexity index is 531. The average Bonchev–Trinajstić information content (AvgIpc) is 2.75. The SMILES string of the molecule is CC(C)Cn1ncnc1CNc1c(F)cccc1F. The first-order chi connectivity index (χ1) is 9.08. The van der Waals surface area contributed by atoms with Gasteiger partial charge in [0.15, 0.2) is 0 Å². The summed E-state index contributed by atoms with van der Waals surface area (Å²) in [5.41, 5.74) is -0.137. The van der Waals surface area contributed by atoms with Crippen molar-refractivity contribution in [1.82, 2.24) is 14.8 Å². The van der Waals surface area contributed by atoms with Gasteiger partial charge in [0.2, 0.25) is 0 Å². The van der Waals surface area contributed by atoms with Gasteiger partial charge in [0, 0.05) is 6.54 Å². The van der Waals surface area contributed by atoms with E-state index in [4.69, 9.17) is 0 Å². The Kier molecular flexibility index (Phi) is 4.09.